The van der Waals surface area contributed by atoms with Crippen molar-refractivity contribution in [1.29, 1.82) is 0 Å². The minimum atomic E-state index is -1.08. The molecule has 0 fully saturated rings. The smallest absolute Gasteiger partial charge is 0.326 e. The number of hydrogen-bond donors (Lipinski definition) is 2. The molecule has 1 unspecified atom stereocenters. The molecule has 5 nitrogen and oxygen atoms in total. The summed E-state index contributed by atoms with van der Waals surface area (Å²) in [6.07, 6.45) is 0.200. The maximum atomic E-state index is 12.8. The Labute approximate surface area is 206 Å². The lowest BCUT2D eigenvalue weighted by atomic mass is 10.0. The van der Waals surface area contributed by atoms with Gasteiger partial charge in [0.15, 0.2) is 0 Å². The predicted molar refractivity (Wildman–Crippen MR) is 134 cm³/mol. The van der Waals surface area contributed by atoms with Crippen molar-refractivity contribution in [2.75, 3.05) is 0 Å². The molecular formula is C27H21Cl2NO4. The summed E-state index contributed by atoms with van der Waals surface area (Å²) in [6, 6.07) is 24.1. The van der Waals surface area contributed by atoms with Crippen LogP contribution in [-0.2, 0) is 17.8 Å². The summed E-state index contributed by atoms with van der Waals surface area (Å²) in [5.41, 5.74) is 1.92. The molecule has 2 N–H and O–H groups in total. The average Bonchev–Trinajstić information content (AvgIpc) is 2.83. The predicted octanol–water partition coefficient (Wildman–Crippen LogP) is 6.15. The van der Waals surface area contributed by atoms with Crippen molar-refractivity contribution in [2.24, 2.45) is 0 Å². The lowest BCUT2D eigenvalue weighted by molar-refractivity contribution is -0.139. The van der Waals surface area contributed by atoms with Gasteiger partial charge in [-0.1, -0.05) is 71.7 Å². The largest absolute Gasteiger partial charge is 0.489 e. The van der Waals surface area contributed by atoms with E-state index in [1.165, 1.54) is 0 Å². The van der Waals surface area contributed by atoms with Gasteiger partial charge in [0.2, 0.25) is 0 Å². The van der Waals surface area contributed by atoms with Gasteiger partial charge in [0.05, 0.1) is 0 Å². The van der Waals surface area contributed by atoms with E-state index in [2.05, 4.69) is 5.32 Å². The zero-order chi connectivity index (χ0) is 24.1. The minimum absolute atomic E-state index is 0.200. The standard InChI is InChI=1S/C27H21Cl2NO4/c28-23-7-4-8-24(29)22(23)16-34-21-12-11-18-14-20(10-9-19(18)15-21)26(31)30-25(27(32)33)13-17-5-2-1-3-6-17/h1-12,14-15,25H,13,16H2,(H,30,31)(H,32,33). The molecule has 0 saturated carbocycles. The highest BCUT2D eigenvalue weighted by atomic mass is 35.5. The molecule has 0 bridgehead atoms. The highest BCUT2D eigenvalue weighted by Gasteiger charge is 2.21. The molecule has 34 heavy (non-hydrogen) atoms. The van der Waals surface area contributed by atoms with Crippen LogP contribution in [0.1, 0.15) is 21.5 Å². The second-order valence-electron chi connectivity index (χ2n) is 7.77. The van der Waals surface area contributed by atoms with E-state index in [-0.39, 0.29) is 13.0 Å². The van der Waals surface area contributed by atoms with E-state index >= 15 is 0 Å². The number of carboxylic acid groups (broad SMARTS) is 1. The number of carbonyl (C=O) groups excluding carboxylic acids is 1. The molecule has 172 valence electrons. The van der Waals surface area contributed by atoms with Crippen LogP contribution in [0.5, 0.6) is 5.75 Å². The number of hydrogen-bond acceptors (Lipinski definition) is 3. The summed E-state index contributed by atoms with van der Waals surface area (Å²) in [5, 5.41) is 14.9. The maximum absolute atomic E-state index is 12.8. The molecule has 0 heterocycles. The second-order valence-corrected chi connectivity index (χ2v) is 8.58. The van der Waals surface area contributed by atoms with E-state index in [0.717, 1.165) is 16.3 Å². The fourth-order valence-corrected chi connectivity index (χ4v) is 4.08. The number of fused-ring (bicyclic) bond motifs is 1. The van der Waals surface area contributed by atoms with Crippen molar-refractivity contribution in [3.05, 3.63) is 112 Å². The van der Waals surface area contributed by atoms with Crippen molar-refractivity contribution in [3.63, 3.8) is 0 Å². The first-order valence-corrected chi connectivity index (χ1v) is 11.3. The quantitative estimate of drug-likeness (QED) is 0.308. The van der Waals surface area contributed by atoms with E-state index in [1.807, 2.05) is 42.5 Å². The highest BCUT2D eigenvalue weighted by molar-refractivity contribution is 6.35. The molecule has 1 atom stereocenters. The van der Waals surface area contributed by atoms with Crippen LogP contribution in [0.25, 0.3) is 10.8 Å². The van der Waals surface area contributed by atoms with E-state index < -0.39 is 17.9 Å². The van der Waals surface area contributed by atoms with Crippen LogP contribution in [0.15, 0.2) is 84.9 Å². The normalized spacial score (nSPS) is 11.7. The SMILES string of the molecule is O=C(NC(Cc1ccccc1)C(=O)O)c1ccc2cc(OCc3c(Cl)cccc3Cl)ccc2c1. The van der Waals surface area contributed by atoms with Gasteiger partial charge in [-0.2, -0.15) is 0 Å². The van der Waals surface area contributed by atoms with Gasteiger partial charge in [0.25, 0.3) is 5.91 Å². The van der Waals surface area contributed by atoms with Gasteiger partial charge < -0.3 is 15.2 Å². The van der Waals surface area contributed by atoms with Crippen molar-refractivity contribution in [3.8, 4) is 5.75 Å². The van der Waals surface area contributed by atoms with Crippen LogP contribution >= 0.6 is 23.2 Å². The van der Waals surface area contributed by atoms with Gasteiger partial charge in [-0.15, -0.1) is 0 Å². The van der Waals surface area contributed by atoms with Gasteiger partial charge in [-0.05, 0) is 52.7 Å². The minimum Gasteiger partial charge on any atom is -0.489 e. The fourth-order valence-electron chi connectivity index (χ4n) is 3.57. The molecular weight excluding hydrogens is 473 g/mol. The van der Waals surface area contributed by atoms with E-state index in [4.69, 9.17) is 27.9 Å². The van der Waals surface area contributed by atoms with Crippen LogP contribution in [0.2, 0.25) is 10.0 Å². The third-order valence-corrected chi connectivity index (χ3v) is 6.11. The zero-order valence-electron chi connectivity index (χ0n) is 18.0. The maximum Gasteiger partial charge on any atom is 0.326 e. The molecule has 7 heteroatoms. The number of carboxylic acids is 1. The molecule has 0 radical (unpaired) electrons. The van der Waals surface area contributed by atoms with Gasteiger partial charge in [-0.3, -0.25) is 4.79 Å². The van der Waals surface area contributed by atoms with Crippen LogP contribution < -0.4 is 10.1 Å². The van der Waals surface area contributed by atoms with E-state index in [1.54, 1.807) is 42.5 Å². The zero-order valence-corrected chi connectivity index (χ0v) is 19.5. The van der Waals surface area contributed by atoms with Crippen LogP contribution in [0, 0.1) is 0 Å². The Hall–Kier alpha value is -3.54. The van der Waals surface area contributed by atoms with Crippen molar-refractivity contribution < 1.29 is 19.4 Å². The summed E-state index contributed by atoms with van der Waals surface area (Å²) in [4.78, 5) is 24.4. The molecule has 0 aromatic heterocycles. The molecule has 4 rings (SSSR count). The first-order valence-electron chi connectivity index (χ1n) is 10.6. The summed E-state index contributed by atoms with van der Waals surface area (Å²) in [6.45, 7) is 0.225. The monoisotopic (exact) mass is 493 g/mol. The third kappa shape index (κ3) is 5.68. The van der Waals surface area contributed by atoms with Crippen LogP contribution in [0.4, 0.5) is 0 Å². The Morgan fingerprint density at radius 1 is 0.853 bits per heavy atom. The lowest BCUT2D eigenvalue weighted by Crippen LogP contribution is -2.42. The van der Waals surface area contributed by atoms with Crippen molar-refractivity contribution >= 4 is 45.9 Å². The number of amides is 1. The van der Waals surface area contributed by atoms with Gasteiger partial charge in [0.1, 0.15) is 18.4 Å². The average molecular weight is 494 g/mol. The summed E-state index contributed by atoms with van der Waals surface area (Å²) >= 11 is 12.4. The molecule has 1 amide bonds. The summed E-state index contributed by atoms with van der Waals surface area (Å²) in [7, 11) is 0. The van der Waals surface area contributed by atoms with Gasteiger partial charge in [0, 0.05) is 27.6 Å². The molecule has 4 aromatic rings. The van der Waals surface area contributed by atoms with E-state index in [0.29, 0.717) is 26.9 Å². The Morgan fingerprint density at radius 3 is 2.24 bits per heavy atom. The second kappa shape index (κ2) is 10.6. The van der Waals surface area contributed by atoms with Gasteiger partial charge in [-0.25, -0.2) is 4.79 Å². The summed E-state index contributed by atoms with van der Waals surface area (Å²) < 4.78 is 5.86. The Balaban J connectivity index is 1.46. The number of nitrogens with one attached hydrogen (secondary N) is 1. The highest BCUT2D eigenvalue weighted by Crippen LogP contribution is 2.27. The lowest BCUT2D eigenvalue weighted by Gasteiger charge is -2.15. The number of ether oxygens (including phenoxy) is 1. The first kappa shape index (κ1) is 23.6. The molecule has 0 spiro atoms. The molecule has 0 aliphatic heterocycles. The number of aliphatic carboxylic acids is 1. The number of carbonyl (C=O) groups is 2. The molecule has 0 aliphatic carbocycles. The van der Waals surface area contributed by atoms with Gasteiger partial charge >= 0.3 is 5.97 Å². The third-order valence-electron chi connectivity index (χ3n) is 5.40. The summed E-state index contributed by atoms with van der Waals surface area (Å²) in [5.74, 6) is -0.896. The van der Waals surface area contributed by atoms with Crippen LogP contribution in [0.3, 0.4) is 0 Å². The number of halogens is 2. The Kier molecular flexibility index (Phi) is 7.36. The van der Waals surface area contributed by atoms with Crippen molar-refractivity contribution in [2.45, 2.75) is 19.1 Å². The molecule has 0 saturated heterocycles. The number of benzene rings is 4. The molecule has 4 aromatic carbocycles. The molecule has 0 aliphatic rings. The number of rotatable bonds is 8. The van der Waals surface area contributed by atoms with Crippen molar-refractivity contribution in [1.82, 2.24) is 5.32 Å². The Morgan fingerprint density at radius 2 is 1.53 bits per heavy atom. The fraction of sp³-hybridized carbons (Fsp3) is 0.111. The van der Waals surface area contributed by atoms with Crippen LogP contribution in [-0.4, -0.2) is 23.0 Å². The van der Waals surface area contributed by atoms with E-state index in [9.17, 15) is 14.7 Å². The first-order chi connectivity index (χ1) is 16.4. The topological polar surface area (TPSA) is 75.6 Å². The Bertz CT molecular complexity index is 1320.